The van der Waals surface area contributed by atoms with Crippen LogP contribution in [0.4, 0.5) is 19.3 Å². The normalized spacial score (nSPS) is 20.8. The van der Waals surface area contributed by atoms with Gasteiger partial charge >= 0.3 is 6.03 Å². The highest BCUT2D eigenvalue weighted by Gasteiger charge is 2.55. The van der Waals surface area contributed by atoms with E-state index in [4.69, 9.17) is 4.74 Å². The van der Waals surface area contributed by atoms with E-state index in [0.29, 0.717) is 17.0 Å². The maximum atomic E-state index is 12.9. The molecule has 1 unspecified atom stereocenters. The Morgan fingerprint density at radius 1 is 1.21 bits per heavy atom. The number of nitrogens with one attached hydrogen (secondary N) is 2. The van der Waals surface area contributed by atoms with E-state index in [2.05, 4.69) is 10.6 Å². The van der Waals surface area contributed by atoms with Gasteiger partial charge < -0.3 is 20.3 Å². The van der Waals surface area contributed by atoms with Crippen molar-refractivity contribution in [3.05, 3.63) is 23.8 Å². The zero-order valence-electron chi connectivity index (χ0n) is 16.1. The van der Waals surface area contributed by atoms with Crippen LogP contribution in [0.2, 0.25) is 0 Å². The minimum atomic E-state index is -2.58. The molecule has 3 rings (SSSR count). The molecule has 1 heterocycles. The molecule has 3 amide bonds. The molecule has 28 heavy (non-hydrogen) atoms. The molecule has 0 bridgehead atoms. The summed E-state index contributed by atoms with van der Waals surface area (Å²) in [6, 6.07) is 4.41. The Balaban J connectivity index is 1.60. The van der Waals surface area contributed by atoms with E-state index in [1.807, 2.05) is 4.90 Å². The number of carbonyl (C=O) groups is 2. The molecular weight excluding hydrogens is 368 g/mol. The van der Waals surface area contributed by atoms with Crippen molar-refractivity contribution in [2.45, 2.75) is 44.4 Å². The summed E-state index contributed by atoms with van der Waals surface area (Å²) in [6.07, 6.45) is 4.39. The lowest BCUT2D eigenvalue weighted by Gasteiger charge is -2.21. The van der Waals surface area contributed by atoms with Crippen molar-refractivity contribution in [1.82, 2.24) is 10.2 Å². The molecule has 1 aromatic rings. The number of halogens is 2. The number of amides is 3. The van der Waals surface area contributed by atoms with Gasteiger partial charge in [-0.25, -0.2) is 13.6 Å². The van der Waals surface area contributed by atoms with E-state index < -0.39 is 17.9 Å². The Morgan fingerprint density at radius 2 is 1.89 bits per heavy atom. The van der Waals surface area contributed by atoms with Gasteiger partial charge in [-0.2, -0.15) is 0 Å². The Bertz CT molecular complexity index is 719. The summed E-state index contributed by atoms with van der Waals surface area (Å²) in [6.45, 7) is 1.64. The number of nitrogens with zero attached hydrogens (tertiary/aromatic N) is 1. The fourth-order valence-electron chi connectivity index (χ4n) is 3.50. The predicted molar refractivity (Wildman–Crippen MR) is 102 cm³/mol. The van der Waals surface area contributed by atoms with Gasteiger partial charge in [-0.05, 0) is 37.5 Å². The summed E-state index contributed by atoms with van der Waals surface area (Å²) >= 11 is 0. The summed E-state index contributed by atoms with van der Waals surface area (Å²) in [5, 5.41) is 5.23. The zero-order chi connectivity index (χ0) is 20.1. The summed E-state index contributed by atoms with van der Waals surface area (Å²) < 4.78 is 31.0. The Labute approximate surface area is 163 Å². The lowest BCUT2D eigenvalue weighted by molar-refractivity contribution is 0.0761. The van der Waals surface area contributed by atoms with Crippen molar-refractivity contribution >= 4 is 17.6 Å². The largest absolute Gasteiger partial charge is 0.495 e. The fraction of sp³-hybridized carbons (Fsp3) is 0.600. The van der Waals surface area contributed by atoms with E-state index >= 15 is 0 Å². The second-order valence-electron chi connectivity index (χ2n) is 7.45. The molecule has 1 aliphatic carbocycles. The molecule has 1 aliphatic heterocycles. The average molecular weight is 395 g/mol. The van der Waals surface area contributed by atoms with Crippen LogP contribution >= 0.6 is 0 Å². The fourth-order valence-corrected chi connectivity index (χ4v) is 3.50. The molecule has 1 saturated heterocycles. The smallest absolute Gasteiger partial charge is 0.319 e. The number of anilines is 1. The van der Waals surface area contributed by atoms with E-state index in [0.717, 1.165) is 38.8 Å². The number of methoxy groups -OCH3 is 1. The highest BCUT2D eigenvalue weighted by Crippen LogP contribution is 2.50. The SMILES string of the molecule is COc1ccc(C(=O)N2CCCCCC2)cc1NC(=O)NCCC1CC1(F)F. The maximum absolute atomic E-state index is 12.9. The predicted octanol–water partition coefficient (Wildman–Crippen LogP) is 3.88. The van der Waals surface area contributed by atoms with Crippen molar-refractivity contribution in [2.24, 2.45) is 5.92 Å². The lowest BCUT2D eigenvalue weighted by Crippen LogP contribution is -2.32. The Morgan fingerprint density at radius 3 is 2.50 bits per heavy atom. The van der Waals surface area contributed by atoms with Crippen LogP contribution in [-0.2, 0) is 0 Å². The molecule has 1 atom stereocenters. The van der Waals surface area contributed by atoms with Crippen molar-refractivity contribution in [2.75, 3.05) is 32.1 Å². The second-order valence-corrected chi connectivity index (χ2v) is 7.45. The first kappa shape index (κ1) is 20.4. The summed E-state index contributed by atoms with van der Waals surface area (Å²) in [5.41, 5.74) is 0.855. The van der Waals surface area contributed by atoms with Gasteiger partial charge in [0, 0.05) is 37.5 Å². The monoisotopic (exact) mass is 395 g/mol. The van der Waals surface area contributed by atoms with Crippen LogP contribution < -0.4 is 15.4 Å². The summed E-state index contributed by atoms with van der Waals surface area (Å²) in [7, 11) is 1.48. The average Bonchev–Trinajstić information content (AvgIpc) is 3.36. The van der Waals surface area contributed by atoms with E-state index in [1.54, 1.807) is 18.2 Å². The number of carbonyl (C=O) groups excluding carboxylic acids is 2. The van der Waals surface area contributed by atoms with Crippen LogP contribution in [-0.4, -0.2) is 49.5 Å². The van der Waals surface area contributed by atoms with Crippen molar-refractivity contribution in [3.63, 3.8) is 0 Å². The molecule has 0 spiro atoms. The Kier molecular flexibility index (Phi) is 6.36. The maximum Gasteiger partial charge on any atom is 0.319 e. The lowest BCUT2D eigenvalue weighted by atomic mass is 10.1. The molecule has 0 radical (unpaired) electrons. The molecule has 2 fully saturated rings. The molecule has 1 aromatic carbocycles. The molecule has 154 valence electrons. The number of hydrogen-bond donors (Lipinski definition) is 2. The van der Waals surface area contributed by atoms with Crippen LogP contribution in [0.25, 0.3) is 0 Å². The number of hydrogen-bond acceptors (Lipinski definition) is 3. The number of likely N-dealkylation sites (tertiary alicyclic amines) is 1. The third-order valence-electron chi connectivity index (χ3n) is 5.32. The van der Waals surface area contributed by atoms with Crippen LogP contribution in [0.1, 0.15) is 48.9 Å². The van der Waals surface area contributed by atoms with E-state index in [1.165, 1.54) is 7.11 Å². The van der Waals surface area contributed by atoms with Gasteiger partial charge in [0.1, 0.15) is 5.75 Å². The van der Waals surface area contributed by atoms with Crippen LogP contribution in [0.5, 0.6) is 5.75 Å². The minimum absolute atomic E-state index is 0.0658. The van der Waals surface area contributed by atoms with Crippen LogP contribution in [0.3, 0.4) is 0 Å². The molecule has 6 nitrogen and oxygen atoms in total. The number of alkyl halides is 2. The van der Waals surface area contributed by atoms with Crippen LogP contribution in [0, 0.1) is 5.92 Å². The topological polar surface area (TPSA) is 70.7 Å². The third-order valence-corrected chi connectivity index (χ3v) is 5.32. The molecule has 8 heteroatoms. The number of benzene rings is 1. The third kappa shape index (κ3) is 5.11. The molecule has 2 N–H and O–H groups in total. The first-order valence-electron chi connectivity index (χ1n) is 9.80. The van der Waals surface area contributed by atoms with Crippen molar-refractivity contribution in [3.8, 4) is 5.75 Å². The van der Waals surface area contributed by atoms with E-state index in [9.17, 15) is 18.4 Å². The van der Waals surface area contributed by atoms with Gasteiger partial charge in [-0.3, -0.25) is 4.79 Å². The zero-order valence-corrected chi connectivity index (χ0v) is 16.1. The van der Waals surface area contributed by atoms with Gasteiger partial charge in [0.25, 0.3) is 11.8 Å². The van der Waals surface area contributed by atoms with Gasteiger partial charge in [0.2, 0.25) is 0 Å². The highest BCUT2D eigenvalue weighted by molar-refractivity contribution is 5.98. The van der Waals surface area contributed by atoms with Gasteiger partial charge in [0.05, 0.1) is 12.8 Å². The molecule has 2 aliphatic rings. The molecule has 1 saturated carbocycles. The Hall–Kier alpha value is -2.38. The van der Waals surface area contributed by atoms with Crippen LogP contribution in [0.15, 0.2) is 18.2 Å². The molecule has 0 aromatic heterocycles. The highest BCUT2D eigenvalue weighted by atomic mass is 19.3. The number of urea groups is 1. The second kappa shape index (κ2) is 8.75. The standard InChI is InChI=1S/C20H27F2N3O3/c1-28-17-7-6-14(18(26)25-10-4-2-3-5-11-25)12-16(17)24-19(27)23-9-8-15-13-20(15,21)22/h6-7,12,15H,2-5,8-11,13H2,1H3,(H2,23,24,27). The van der Waals surface area contributed by atoms with Crippen molar-refractivity contribution in [1.29, 1.82) is 0 Å². The van der Waals surface area contributed by atoms with Crippen molar-refractivity contribution < 1.29 is 23.1 Å². The van der Waals surface area contributed by atoms with Gasteiger partial charge in [-0.1, -0.05) is 12.8 Å². The summed E-state index contributed by atoms with van der Waals surface area (Å²) in [5.74, 6) is -2.86. The first-order valence-corrected chi connectivity index (χ1v) is 9.80. The summed E-state index contributed by atoms with van der Waals surface area (Å²) in [4.78, 5) is 26.7. The van der Waals surface area contributed by atoms with Gasteiger partial charge in [-0.15, -0.1) is 0 Å². The van der Waals surface area contributed by atoms with E-state index in [-0.39, 0.29) is 25.3 Å². The quantitative estimate of drug-likeness (QED) is 0.768. The minimum Gasteiger partial charge on any atom is -0.495 e. The first-order chi connectivity index (χ1) is 13.4. The molecular formula is C20H27F2N3O3. The number of rotatable bonds is 6. The number of ether oxygens (including phenoxy) is 1. The van der Waals surface area contributed by atoms with Gasteiger partial charge in [0.15, 0.2) is 0 Å².